The summed E-state index contributed by atoms with van der Waals surface area (Å²) in [4.78, 5) is 32.5. The van der Waals surface area contributed by atoms with E-state index in [2.05, 4.69) is 15.6 Å². The Hall–Kier alpha value is -2.41. The van der Waals surface area contributed by atoms with Crippen molar-refractivity contribution in [2.45, 2.75) is 56.5 Å². The number of thiazole rings is 1. The van der Waals surface area contributed by atoms with Crippen molar-refractivity contribution in [1.29, 1.82) is 0 Å². The highest BCUT2D eigenvalue weighted by Crippen LogP contribution is 2.35. The van der Waals surface area contributed by atoms with E-state index in [0.29, 0.717) is 31.8 Å². The summed E-state index contributed by atoms with van der Waals surface area (Å²) in [6.45, 7) is 1.91. The molecular formula is C22H28N4O2S. The third-order valence-electron chi connectivity index (χ3n) is 6.02. The van der Waals surface area contributed by atoms with Crippen LogP contribution in [0.2, 0.25) is 0 Å². The Morgan fingerprint density at radius 2 is 1.97 bits per heavy atom. The van der Waals surface area contributed by atoms with Crippen molar-refractivity contribution in [2.24, 2.45) is 0 Å². The average Bonchev–Trinajstić information content (AvgIpc) is 3.46. The third kappa shape index (κ3) is 4.61. The molecule has 1 aromatic heterocycles. The van der Waals surface area contributed by atoms with Crippen LogP contribution in [0.3, 0.4) is 0 Å². The molecule has 1 aliphatic carbocycles. The Morgan fingerprint density at radius 1 is 1.17 bits per heavy atom. The summed E-state index contributed by atoms with van der Waals surface area (Å²) in [7, 11) is 0. The van der Waals surface area contributed by atoms with E-state index in [1.165, 1.54) is 0 Å². The smallest absolute Gasteiger partial charge is 0.315 e. The van der Waals surface area contributed by atoms with Crippen LogP contribution in [0.1, 0.15) is 55.0 Å². The second-order valence-electron chi connectivity index (χ2n) is 8.04. The maximum atomic E-state index is 13.5. The summed E-state index contributed by atoms with van der Waals surface area (Å²) in [6.07, 6.45) is 7.23. The lowest BCUT2D eigenvalue weighted by Gasteiger charge is -2.39. The largest absolute Gasteiger partial charge is 0.340 e. The van der Waals surface area contributed by atoms with E-state index in [9.17, 15) is 9.59 Å². The molecule has 1 aromatic carbocycles. The highest BCUT2D eigenvalue weighted by Gasteiger charge is 2.45. The Morgan fingerprint density at radius 3 is 2.69 bits per heavy atom. The average molecular weight is 413 g/mol. The zero-order valence-electron chi connectivity index (χ0n) is 16.6. The normalized spacial score (nSPS) is 21.0. The van der Waals surface area contributed by atoms with Crippen LogP contribution in [0.5, 0.6) is 0 Å². The minimum absolute atomic E-state index is 0.0751. The Kier molecular flexibility index (Phi) is 6.13. The number of aromatic nitrogens is 1. The first-order valence-corrected chi connectivity index (χ1v) is 11.3. The minimum atomic E-state index is -0.772. The first kappa shape index (κ1) is 19.9. The second-order valence-corrected chi connectivity index (χ2v) is 8.97. The molecule has 1 atom stereocenters. The number of nitrogens with zero attached hydrogens (tertiary/aromatic N) is 2. The quantitative estimate of drug-likeness (QED) is 0.787. The molecule has 3 amide bonds. The van der Waals surface area contributed by atoms with Crippen molar-refractivity contribution >= 4 is 23.3 Å². The van der Waals surface area contributed by atoms with E-state index in [0.717, 1.165) is 42.8 Å². The van der Waals surface area contributed by atoms with Crippen molar-refractivity contribution in [3.63, 3.8) is 0 Å². The fraction of sp³-hybridized carbons (Fsp3) is 0.500. The van der Waals surface area contributed by atoms with Gasteiger partial charge in [-0.2, -0.15) is 0 Å². The fourth-order valence-electron chi connectivity index (χ4n) is 4.51. The molecule has 0 spiro atoms. The summed E-state index contributed by atoms with van der Waals surface area (Å²) >= 11 is 1.66. The van der Waals surface area contributed by atoms with Crippen LogP contribution in [0.4, 0.5) is 4.79 Å². The van der Waals surface area contributed by atoms with Gasteiger partial charge in [-0.05, 0) is 31.2 Å². The Labute approximate surface area is 175 Å². The first-order valence-electron chi connectivity index (χ1n) is 10.4. The lowest BCUT2D eigenvalue weighted by molar-refractivity contribution is -0.139. The molecule has 29 heavy (non-hydrogen) atoms. The standard InChI is InChI=1S/C22H28N4O2S/c27-20(26-13-6-9-18(16-26)19-23-12-14-29-19)22(10-4-5-11-22)25-21(28)24-15-17-7-2-1-3-8-17/h1-3,7-8,12,14,18H,4-6,9-11,13,15-16H2,(H2,24,25,28). The van der Waals surface area contributed by atoms with Gasteiger partial charge in [0.15, 0.2) is 0 Å². The molecule has 1 saturated heterocycles. The van der Waals surface area contributed by atoms with Crippen LogP contribution in [-0.4, -0.2) is 40.5 Å². The molecule has 4 rings (SSSR count). The van der Waals surface area contributed by atoms with Gasteiger partial charge in [-0.1, -0.05) is 43.2 Å². The Balaban J connectivity index is 1.40. The molecule has 7 heteroatoms. The van der Waals surface area contributed by atoms with Crippen LogP contribution in [0.15, 0.2) is 41.9 Å². The van der Waals surface area contributed by atoms with Crippen molar-refractivity contribution in [2.75, 3.05) is 13.1 Å². The van der Waals surface area contributed by atoms with Gasteiger partial charge < -0.3 is 15.5 Å². The van der Waals surface area contributed by atoms with E-state index in [-0.39, 0.29) is 11.9 Å². The molecule has 0 radical (unpaired) electrons. The van der Waals surface area contributed by atoms with Gasteiger partial charge in [-0.25, -0.2) is 9.78 Å². The van der Waals surface area contributed by atoms with Crippen LogP contribution in [0.25, 0.3) is 0 Å². The van der Waals surface area contributed by atoms with Crippen molar-refractivity contribution < 1.29 is 9.59 Å². The predicted octanol–water partition coefficient (Wildman–Crippen LogP) is 3.66. The molecule has 1 aliphatic heterocycles. The molecule has 2 heterocycles. The van der Waals surface area contributed by atoms with Gasteiger partial charge in [-0.15, -0.1) is 11.3 Å². The predicted molar refractivity (Wildman–Crippen MR) is 114 cm³/mol. The van der Waals surface area contributed by atoms with Crippen LogP contribution >= 0.6 is 11.3 Å². The number of amides is 3. The number of benzene rings is 1. The first-order chi connectivity index (χ1) is 14.2. The highest BCUT2D eigenvalue weighted by molar-refractivity contribution is 7.09. The number of hydrogen-bond donors (Lipinski definition) is 2. The minimum Gasteiger partial charge on any atom is -0.340 e. The number of rotatable bonds is 5. The van der Waals surface area contributed by atoms with Gasteiger partial charge in [0.25, 0.3) is 0 Å². The number of carbonyl (C=O) groups excluding carboxylic acids is 2. The van der Waals surface area contributed by atoms with Crippen molar-refractivity contribution in [3.05, 3.63) is 52.5 Å². The van der Waals surface area contributed by atoms with Gasteiger partial charge in [-0.3, -0.25) is 4.79 Å². The van der Waals surface area contributed by atoms with Gasteiger partial charge >= 0.3 is 6.03 Å². The zero-order valence-corrected chi connectivity index (χ0v) is 17.4. The molecule has 154 valence electrons. The number of piperidine rings is 1. The molecule has 0 bridgehead atoms. The fourth-order valence-corrected chi connectivity index (χ4v) is 5.28. The number of nitrogens with one attached hydrogen (secondary N) is 2. The maximum Gasteiger partial charge on any atom is 0.315 e. The van der Waals surface area contributed by atoms with E-state index in [1.807, 2.05) is 46.8 Å². The van der Waals surface area contributed by atoms with E-state index < -0.39 is 5.54 Å². The molecule has 6 nitrogen and oxygen atoms in total. The number of likely N-dealkylation sites (tertiary alicyclic amines) is 1. The number of carbonyl (C=O) groups is 2. The van der Waals surface area contributed by atoms with E-state index in [1.54, 1.807) is 11.3 Å². The summed E-state index contributed by atoms with van der Waals surface area (Å²) in [6, 6.07) is 9.54. The number of urea groups is 1. The summed E-state index contributed by atoms with van der Waals surface area (Å²) < 4.78 is 0. The monoisotopic (exact) mass is 412 g/mol. The lowest BCUT2D eigenvalue weighted by atomic mass is 9.92. The van der Waals surface area contributed by atoms with Crippen LogP contribution < -0.4 is 10.6 Å². The van der Waals surface area contributed by atoms with Gasteiger partial charge in [0.2, 0.25) is 5.91 Å². The van der Waals surface area contributed by atoms with E-state index >= 15 is 0 Å². The summed E-state index contributed by atoms with van der Waals surface area (Å²) in [5.41, 5.74) is 0.266. The second kappa shape index (κ2) is 8.95. The zero-order chi connectivity index (χ0) is 20.1. The topological polar surface area (TPSA) is 74.3 Å². The summed E-state index contributed by atoms with van der Waals surface area (Å²) in [5, 5.41) is 9.07. The molecular weight excluding hydrogens is 384 g/mol. The SMILES string of the molecule is O=C(NCc1ccccc1)NC1(C(=O)N2CCCC(c3nccs3)C2)CCCC1. The molecule has 2 aromatic rings. The highest BCUT2D eigenvalue weighted by atomic mass is 32.1. The summed E-state index contributed by atoms with van der Waals surface area (Å²) in [5.74, 6) is 0.379. The van der Waals surface area contributed by atoms with Gasteiger partial charge in [0.1, 0.15) is 5.54 Å². The molecule has 2 aliphatic rings. The van der Waals surface area contributed by atoms with Crippen molar-refractivity contribution in [1.82, 2.24) is 20.5 Å². The molecule has 1 unspecified atom stereocenters. The van der Waals surface area contributed by atoms with Crippen molar-refractivity contribution in [3.8, 4) is 0 Å². The maximum absolute atomic E-state index is 13.5. The Bertz CT molecular complexity index is 819. The number of hydrogen-bond acceptors (Lipinski definition) is 4. The van der Waals surface area contributed by atoms with Gasteiger partial charge in [0, 0.05) is 37.1 Å². The van der Waals surface area contributed by atoms with Crippen LogP contribution in [0, 0.1) is 0 Å². The molecule has 2 N–H and O–H groups in total. The lowest BCUT2D eigenvalue weighted by Crippen LogP contribution is -2.61. The molecule has 1 saturated carbocycles. The third-order valence-corrected chi connectivity index (χ3v) is 6.96. The van der Waals surface area contributed by atoms with E-state index in [4.69, 9.17) is 0 Å². The molecule has 2 fully saturated rings. The van der Waals surface area contributed by atoms with Crippen LogP contribution in [-0.2, 0) is 11.3 Å². The van der Waals surface area contributed by atoms with Gasteiger partial charge in [0.05, 0.1) is 5.01 Å².